The van der Waals surface area contributed by atoms with Crippen molar-refractivity contribution in [2.45, 2.75) is 12.8 Å². The number of thiophene rings is 1. The monoisotopic (exact) mass is 238 g/mol. The number of carboxylic acid groups (broad SMARTS) is 1. The SMILES string of the molecule is CC(C(=O)O)c1csc2cc(O)cc(O)c12. The fourth-order valence-corrected chi connectivity index (χ4v) is 2.71. The van der Waals surface area contributed by atoms with Crippen LogP contribution >= 0.6 is 11.3 Å². The van der Waals surface area contributed by atoms with Crippen LogP contribution in [0, 0.1) is 0 Å². The smallest absolute Gasteiger partial charge is 0.310 e. The third kappa shape index (κ3) is 1.59. The highest BCUT2D eigenvalue weighted by Crippen LogP contribution is 2.39. The first kappa shape index (κ1) is 10.8. The molecule has 0 radical (unpaired) electrons. The normalized spacial score (nSPS) is 12.8. The Morgan fingerprint density at radius 2 is 2.06 bits per heavy atom. The summed E-state index contributed by atoms with van der Waals surface area (Å²) in [4.78, 5) is 10.9. The standard InChI is InChI=1S/C11H10O4S/c1-5(11(14)15)7-4-16-9-3-6(12)2-8(13)10(7)9/h2-5,12-13H,1H3,(H,14,15). The van der Waals surface area contributed by atoms with E-state index >= 15 is 0 Å². The van der Waals surface area contributed by atoms with Crippen LogP contribution in [-0.4, -0.2) is 21.3 Å². The summed E-state index contributed by atoms with van der Waals surface area (Å²) < 4.78 is 0.681. The zero-order valence-electron chi connectivity index (χ0n) is 8.47. The van der Waals surface area contributed by atoms with Crippen LogP contribution in [0.1, 0.15) is 18.4 Å². The summed E-state index contributed by atoms with van der Waals surface area (Å²) in [6, 6.07) is 2.73. The van der Waals surface area contributed by atoms with Gasteiger partial charge in [-0.2, -0.15) is 0 Å². The molecule has 1 atom stereocenters. The van der Waals surface area contributed by atoms with Gasteiger partial charge in [0.15, 0.2) is 0 Å². The number of carbonyl (C=O) groups is 1. The third-order valence-corrected chi connectivity index (χ3v) is 3.45. The van der Waals surface area contributed by atoms with Crippen LogP contribution in [0.15, 0.2) is 17.5 Å². The molecule has 3 N–H and O–H groups in total. The van der Waals surface area contributed by atoms with E-state index in [1.807, 2.05) is 0 Å². The molecule has 2 rings (SSSR count). The van der Waals surface area contributed by atoms with Crippen molar-refractivity contribution >= 4 is 27.4 Å². The Balaban J connectivity index is 2.69. The van der Waals surface area contributed by atoms with E-state index in [1.165, 1.54) is 23.5 Å². The molecule has 1 heterocycles. The Hall–Kier alpha value is -1.75. The maximum atomic E-state index is 10.9. The average molecular weight is 238 g/mol. The van der Waals surface area contributed by atoms with Gasteiger partial charge in [-0.05, 0) is 23.9 Å². The summed E-state index contributed by atoms with van der Waals surface area (Å²) in [6.45, 7) is 1.57. The predicted octanol–water partition coefficient (Wildman–Crippen LogP) is 2.50. The van der Waals surface area contributed by atoms with Crippen LogP contribution < -0.4 is 0 Å². The maximum Gasteiger partial charge on any atom is 0.310 e. The highest BCUT2D eigenvalue weighted by atomic mass is 32.1. The number of benzene rings is 1. The number of fused-ring (bicyclic) bond motifs is 1. The van der Waals surface area contributed by atoms with Crippen LogP contribution in [0.4, 0.5) is 0 Å². The number of carboxylic acids is 1. The van der Waals surface area contributed by atoms with Crippen molar-refractivity contribution in [2.75, 3.05) is 0 Å². The Morgan fingerprint density at radius 1 is 1.38 bits per heavy atom. The fourth-order valence-electron chi connectivity index (χ4n) is 1.61. The van der Waals surface area contributed by atoms with E-state index in [1.54, 1.807) is 12.3 Å². The Morgan fingerprint density at radius 3 is 2.69 bits per heavy atom. The predicted molar refractivity (Wildman–Crippen MR) is 61.2 cm³/mol. The van der Waals surface area contributed by atoms with Gasteiger partial charge in [0.2, 0.25) is 0 Å². The van der Waals surface area contributed by atoms with Crippen molar-refractivity contribution in [1.29, 1.82) is 0 Å². The highest BCUT2D eigenvalue weighted by Gasteiger charge is 2.20. The molecule has 1 unspecified atom stereocenters. The molecule has 1 aromatic heterocycles. The molecule has 0 aliphatic carbocycles. The van der Waals surface area contributed by atoms with Gasteiger partial charge in [0.1, 0.15) is 11.5 Å². The molecular weight excluding hydrogens is 228 g/mol. The van der Waals surface area contributed by atoms with Gasteiger partial charge in [-0.3, -0.25) is 4.79 Å². The van der Waals surface area contributed by atoms with Crippen LogP contribution in [-0.2, 0) is 4.79 Å². The lowest BCUT2D eigenvalue weighted by molar-refractivity contribution is -0.138. The molecule has 0 amide bonds. The molecule has 0 saturated heterocycles. The van der Waals surface area contributed by atoms with E-state index in [9.17, 15) is 15.0 Å². The van der Waals surface area contributed by atoms with Crippen molar-refractivity contribution in [2.24, 2.45) is 0 Å². The van der Waals surface area contributed by atoms with Crippen LogP contribution in [0.25, 0.3) is 10.1 Å². The van der Waals surface area contributed by atoms with Crippen LogP contribution in [0.3, 0.4) is 0 Å². The van der Waals surface area contributed by atoms with Crippen molar-refractivity contribution in [3.63, 3.8) is 0 Å². The number of aliphatic carboxylic acids is 1. The molecule has 2 aromatic rings. The molecule has 1 aromatic carbocycles. The topological polar surface area (TPSA) is 77.8 Å². The van der Waals surface area contributed by atoms with Crippen LogP contribution in [0.2, 0.25) is 0 Å². The van der Waals surface area contributed by atoms with Gasteiger partial charge in [-0.15, -0.1) is 11.3 Å². The number of aromatic hydroxyl groups is 2. The number of hydrogen-bond donors (Lipinski definition) is 3. The molecule has 0 aliphatic rings. The molecule has 4 nitrogen and oxygen atoms in total. The fraction of sp³-hybridized carbons (Fsp3) is 0.182. The second kappa shape index (κ2) is 3.68. The summed E-state index contributed by atoms with van der Waals surface area (Å²) in [5.41, 5.74) is 0.574. The molecule has 0 fully saturated rings. The first-order valence-corrected chi connectivity index (χ1v) is 5.54. The lowest BCUT2D eigenvalue weighted by atomic mass is 10.00. The van der Waals surface area contributed by atoms with Gasteiger partial charge >= 0.3 is 5.97 Å². The number of hydrogen-bond acceptors (Lipinski definition) is 4. The first-order chi connectivity index (χ1) is 7.50. The zero-order valence-corrected chi connectivity index (χ0v) is 9.28. The zero-order chi connectivity index (χ0) is 11.9. The summed E-state index contributed by atoms with van der Waals surface area (Å²) in [6.07, 6.45) is 0. The molecule has 0 aliphatic heterocycles. The largest absolute Gasteiger partial charge is 0.508 e. The minimum Gasteiger partial charge on any atom is -0.508 e. The van der Waals surface area contributed by atoms with Crippen LogP contribution in [0.5, 0.6) is 11.5 Å². The molecular formula is C11H10O4S. The Bertz CT molecular complexity index is 558. The first-order valence-electron chi connectivity index (χ1n) is 4.66. The molecule has 16 heavy (non-hydrogen) atoms. The third-order valence-electron chi connectivity index (χ3n) is 2.50. The van der Waals surface area contributed by atoms with Gasteiger partial charge in [0.25, 0.3) is 0 Å². The van der Waals surface area contributed by atoms with Gasteiger partial charge in [0.05, 0.1) is 5.92 Å². The second-order valence-electron chi connectivity index (χ2n) is 3.59. The minimum atomic E-state index is -0.938. The summed E-state index contributed by atoms with van der Waals surface area (Å²) in [5.74, 6) is -1.72. The van der Waals surface area contributed by atoms with E-state index in [0.29, 0.717) is 15.6 Å². The number of phenolic OH excluding ortho intramolecular Hbond substituents is 2. The van der Waals surface area contributed by atoms with E-state index in [4.69, 9.17) is 5.11 Å². The highest BCUT2D eigenvalue weighted by molar-refractivity contribution is 7.17. The Kier molecular flexibility index (Phi) is 2.47. The quantitative estimate of drug-likeness (QED) is 0.751. The molecule has 0 saturated carbocycles. The van der Waals surface area contributed by atoms with Gasteiger partial charge in [-0.1, -0.05) is 0 Å². The lowest BCUT2D eigenvalue weighted by Gasteiger charge is -2.06. The van der Waals surface area contributed by atoms with Gasteiger partial charge < -0.3 is 15.3 Å². The lowest BCUT2D eigenvalue weighted by Crippen LogP contribution is -2.06. The van der Waals surface area contributed by atoms with Crippen molar-refractivity contribution in [3.05, 3.63) is 23.1 Å². The van der Waals surface area contributed by atoms with Crippen molar-refractivity contribution < 1.29 is 20.1 Å². The molecule has 84 valence electrons. The Labute approximate surface area is 95.4 Å². The van der Waals surface area contributed by atoms with E-state index < -0.39 is 11.9 Å². The number of rotatable bonds is 2. The van der Waals surface area contributed by atoms with Crippen molar-refractivity contribution in [1.82, 2.24) is 0 Å². The van der Waals surface area contributed by atoms with Crippen molar-refractivity contribution in [3.8, 4) is 11.5 Å². The minimum absolute atomic E-state index is 0.0265. The maximum absolute atomic E-state index is 10.9. The molecule has 0 spiro atoms. The summed E-state index contributed by atoms with van der Waals surface area (Å²) in [7, 11) is 0. The summed E-state index contributed by atoms with van der Waals surface area (Å²) >= 11 is 1.30. The second-order valence-corrected chi connectivity index (χ2v) is 4.50. The molecule has 5 heteroatoms. The van der Waals surface area contributed by atoms with Gasteiger partial charge in [-0.25, -0.2) is 0 Å². The van der Waals surface area contributed by atoms with Gasteiger partial charge in [0, 0.05) is 16.2 Å². The number of phenols is 2. The van der Waals surface area contributed by atoms with E-state index in [-0.39, 0.29) is 11.5 Å². The summed E-state index contributed by atoms with van der Waals surface area (Å²) in [5, 5.41) is 30.1. The van der Waals surface area contributed by atoms with E-state index in [2.05, 4.69) is 0 Å². The average Bonchev–Trinajstić information content (AvgIpc) is 2.59. The van der Waals surface area contributed by atoms with E-state index in [0.717, 1.165) is 0 Å². The molecule has 0 bridgehead atoms.